The average molecular weight is 331 g/mol. The van der Waals surface area contributed by atoms with Gasteiger partial charge in [-0.25, -0.2) is 9.07 Å². The predicted molar refractivity (Wildman–Crippen MR) is 95.9 cm³/mol. The van der Waals surface area contributed by atoms with Crippen molar-refractivity contribution in [1.82, 2.24) is 15.1 Å². The van der Waals surface area contributed by atoms with Gasteiger partial charge in [0.15, 0.2) is 5.96 Å². The number of nitrogens with two attached hydrogens (primary N) is 1. The number of halogens is 1. The molecule has 0 aliphatic carbocycles. The van der Waals surface area contributed by atoms with E-state index in [1.54, 1.807) is 16.8 Å². The summed E-state index contributed by atoms with van der Waals surface area (Å²) >= 11 is 0. The van der Waals surface area contributed by atoms with Gasteiger partial charge in [-0.3, -0.25) is 4.99 Å². The van der Waals surface area contributed by atoms with Gasteiger partial charge in [0.25, 0.3) is 0 Å². The van der Waals surface area contributed by atoms with Crippen LogP contribution in [0.1, 0.15) is 38.3 Å². The van der Waals surface area contributed by atoms with Crippen molar-refractivity contribution in [2.24, 2.45) is 10.7 Å². The first-order valence-corrected chi connectivity index (χ1v) is 8.53. The molecule has 2 rings (SSSR count). The van der Waals surface area contributed by atoms with Crippen LogP contribution in [0, 0.1) is 5.82 Å². The summed E-state index contributed by atoms with van der Waals surface area (Å²) in [5.41, 5.74) is 7.62. The van der Waals surface area contributed by atoms with Gasteiger partial charge in [0, 0.05) is 25.7 Å². The summed E-state index contributed by atoms with van der Waals surface area (Å²) in [7, 11) is 0. The predicted octanol–water partition coefficient (Wildman–Crippen LogP) is 3.04. The summed E-state index contributed by atoms with van der Waals surface area (Å²) in [5.74, 6) is 0.240. The molecule has 1 heterocycles. The van der Waals surface area contributed by atoms with Gasteiger partial charge in [-0.2, -0.15) is 5.10 Å². The minimum Gasteiger partial charge on any atom is -0.370 e. The number of guanidine groups is 1. The number of aromatic nitrogens is 2. The maximum atomic E-state index is 12.9. The third-order valence-electron chi connectivity index (χ3n) is 3.72. The molecule has 0 spiro atoms. The molecule has 0 bridgehead atoms. The van der Waals surface area contributed by atoms with Gasteiger partial charge >= 0.3 is 0 Å². The summed E-state index contributed by atoms with van der Waals surface area (Å²) in [4.78, 5) is 4.31. The lowest BCUT2D eigenvalue weighted by atomic mass is 10.2. The van der Waals surface area contributed by atoms with Crippen molar-refractivity contribution < 1.29 is 4.39 Å². The number of unbranched alkanes of at least 4 members (excludes halogenated alkanes) is 3. The Balaban J connectivity index is 1.73. The van der Waals surface area contributed by atoms with Crippen molar-refractivity contribution in [3.05, 3.63) is 48.0 Å². The van der Waals surface area contributed by atoms with Crippen LogP contribution >= 0.6 is 0 Å². The first-order valence-electron chi connectivity index (χ1n) is 8.53. The molecule has 0 amide bonds. The molecule has 0 atom stereocenters. The molecule has 5 nitrogen and oxygen atoms in total. The molecule has 0 unspecified atom stereocenters. The number of benzene rings is 1. The Labute approximate surface area is 142 Å². The van der Waals surface area contributed by atoms with Gasteiger partial charge in [-0.05, 0) is 36.8 Å². The van der Waals surface area contributed by atoms with E-state index in [0.29, 0.717) is 12.5 Å². The standard InChI is InChI=1S/C18H26FN5/c1-2-3-4-5-12-21-18(20)22-13-10-16-11-14-24(23-16)17-8-6-15(19)7-9-17/h6-9,11,14H,2-5,10,12-13H2,1H3,(H3,20,21,22). The van der Waals surface area contributed by atoms with Gasteiger partial charge in [0.1, 0.15) is 5.82 Å². The molecule has 0 saturated heterocycles. The van der Waals surface area contributed by atoms with E-state index in [-0.39, 0.29) is 5.82 Å². The number of nitrogens with zero attached hydrogens (tertiary/aromatic N) is 3. The molecule has 2 aromatic rings. The lowest BCUT2D eigenvalue weighted by molar-refractivity contribution is 0.627. The van der Waals surface area contributed by atoms with Crippen molar-refractivity contribution in [3.63, 3.8) is 0 Å². The average Bonchev–Trinajstić information content (AvgIpc) is 3.04. The lowest BCUT2D eigenvalue weighted by Gasteiger charge is -2.04. The van der Waals surface area contributed by atoms with Crippen LogP contribution in [0.4, 0.5) is 4.39 Å². The van der Waals surface area contributed by atoms with Crippen molar-refractivity contribution in [2.45, 2.75) is 39.0 Å². The normalized spacial score (nSPS) is 11.7. The highest BCUT2D eigenvalue weighted by Crippen LogP contribution is 2.09. The fourth-order valence-corrected chi connectivity index (χ4v) is 2.35. The summed E-state index contributed by atoms with van der Waals surface area (Å²) in [6.07, 6.45) is 7.38. The van der Waals surface area contributed by atoms with Gasteiger partial charge in [-0.15, -0.1) is 0 Å². The van der Waals surface area contributed by atoms with Crippen LogP contribution in [-0.4, -0.2) is 28.8 Å². The summed E-state index contributed by atoms with van der Waals surface area (Å²) in [6, 6.07) is 8.20. The maximum absolute atomic E-state index is 12.9. The molecule has 3 N–H and O–H groups in total. The Kier molecular flexibility index (Phi) is 7.26. The Morgan fingerprint density at radius 1 is 1.21 bits per heavy atom. The first-order chi connectivity index (χ1) is 11.7. The highest BCUT2D eigenvalue weighted by Gasteiger charge is 2.02. The topological polar surface area (TPSA) is 68.2 Å². The highest BCUT2D eigenvalue weighted by atomic mass is 19.1. The molecule has 0 radical (unpaired) electrons. The van der Waals surface area contributed by atoms with Crippen molar-refractivity contribution in [2.75, 3.05) is 13.1 Å². The third kappa shape index (κ3) is 6.02. The molecule has 6 heteroatoms. The largest absolute Gasteiger partial charge is 0.370 e. The number of hydrogen-bond acceptors (Lipinski definition) is 2. The Morgan fingerprint density at radius 2 is 2.00 bits per heavy atom. The van der Waals surface area contributed by atoms with E-state index in [2.05, 4.69) is 22.3 Å². The molecular formula is C18H26FN5. The van der Waals surface area contributed by atoms with E-state index in [1.807, 2.05) is 12.3 Å². The van der Waals surface area contributed by atoms with Crippen molar-refractivity contribution in [1.29, 1.82) is 0 Å². The number of rotatable bonds is 9. The van der Waals surface area contributed by atoms with Crippen molar-refractivity contribution >= 4 is 5.96 Å². The zero-order valence-corrected chi connectivity index (χ0v) is 14.2. The molecule has 1 aromatic heterocycles. The van der Waals surface area contributed by atoms with Gasteiger partial charge < -0.3 is 11.1 Å². The van der Waals surface area contributed by atoms with E-state index < -0.39 is 0 Å². The molecule has 0 saturated carbocycles. The number of aliphatic imine (C=N–C) groups is 1. The SMILES string of the molecule is CCCCCCN=C(N)NCCc1ccn(-c2ccc(F)cc2)n1. The van der Waals surface area contributed by atoms with E-state index in [0.717, 1.165) is 30.8 Å². The smallest absolute Gasteiger partial charge is 0.188 e. The van der Waals surface area contributed by atoms with Crippen LogP contribution in [-0.2, 0) is 6.42 Å². The van der Waals surface area contributed by atoms with Gasteiger partial charge in [-0.1, -0.05) is 26.2 Å². The lowest BCUT2D eigenvalue weighted by Crippen LogP contribution is -2.33. The third-order valence-corrected chi connectivity index (χ3v) is 3.72. The fraction of sp³-hybridized carbons (Fsp3) is 0.444. The molecule has 24 heavy (non-hydrogen) atoms. The van der Waals surface area contributed by atoms with E-state index in [9.17, 15) is 4.39 Å². The first kappa shape index (κ1) is 18.0. The quantitative estimate of drug-likeness (QED) is 0.421. The van der Waals surface area contributed by atoms with Crippen LogP contribution in [0.2, 0.25) is 0 Å². The summed E-state index contributed by atoms with van der Waals surface area (Å²) in [6.45, 7) is 3.65. The fourth-order valence-electron chi connectivity index (χ4n) is 2.35. The van der Waals surface area contributed by atoms with Crippen LogP contribution in [0.15, 0.2) is 41.5 Å². The molecule has 0 aliphatic heterocycles. The number of nitrogens with one attached hydrogen (secondary N) is 1. The Bertz CT molecular complexity index is 633. The maximum Gasteiger partial charge on any atom is 0.188 e. The summed E-state index contributed by atoms with van der Waals surface area (Å²) in [5, 5.41) is 7.58. The van der Waals surface area contributed by atoms with Crippen molar-refractivity contribution in [3.8, 4) is 5.69 Å². The Morgan fingerprint density at radius 3 is 2.75 bits per heavy atom. The second-order valence-corrected chi connectivity index (χ2v) is 5.73. The molecule has 1 aromatic carbocycles. The van der Waals surface area contributed by atoms with Gasteiger partial charge in [0.2, 0.25) is 0 Å². The van der Waals surface area contributed by atoms with Crippen LogP contribution in [0.5, 0.6) is 0 Å². The van der Waals surface area contributed by atoms with Crippen LogP contribution < -0.4 is 11.1 Å². The van der Waals surface area contributed by atoms with E-state index in [1.165, 1.54) is 31.4 Å². The molecule has 0 fully saturated rings. The minimum absolute atomic E-state index is 0.250. The zero-order chi connectivity index (χ0) is 17.2. The number of hydrogen-bond donors (Lipinski definition) is 2. The van der Waals surface area contributed by atoms with Gasteiger partial charge in [0.05, 0.1) is 11.4 Å². The van der Waals surface area contributed by atoms with Crippen LogP contribution in [0.3, 0.4) is 0 Å². The molecule has 0 aliphatic rings. The highest BCUT2D eigenvalue weighted by molar-refractivity contribution is 5.77. The molecular weight excluding hydrogens is 305 g/mol. The van der Waals surface area contributed by atoms with E-state index >= 15 is 0 Å². The Hall–Kier alpha value is -2.37. The second kappa shape index (κ2) is 9.70. The summed E-state index contributed by atoms with van der Waals surface area (Å²) < 4.78 is 14.7. The van der Waals surface area contributed by atoms with Crippen LogP contribution in [0.25, 0.3) is 5.69 Å². The molecule has 130 valence electrons. The second-order valence-electron chi connectivity index (χ2n) is 5.73. The van der Waals surface area contributed by atoms with E-state index in [4.69, 9.17) is 5.73 Å². The monoisotopic (exact) mass is 331 g/mol. The zero-order valence-electron chi connectivity index (χ0n) is 14.2. The minimum atomic E-state index is -0.250.